The van der Waals surface area contributed by atoms with E-state index in [-0.39, 0.29) is 36.1 Å². The number of aromatic nitrogens is 6. The monoisotopic (exact) mass is 506 g/mol. The van der Waals surface area contributed by atoms with Gasteiger partial charge in [-0.2, -0.15) is 41.3 Å². The Morgan fingerprint density at radius 3 is 2.23 bits per heavy atom. The molecule has 0 saturated heterocycles. The number of rotatable bonds is 5. The van der Waals surface area contributed by atoms with Gasteiger partial charge in [0.1, 0.15) is 11.4 Å². The molecule has 1 fully saturated rings. The van der Waals surface area contributed by atoms with Gasteiger partial charge in [-0.05, 0) is 24.6 Å². The first-order valence-electron chi connectivity index (χ1n) is 9.90. The van der Waals surface area contributed by atoms with Crippen LogP contribution in [0.15, 0.2) is 30.6 Å². The van der Waals surface area contributed by atoms with Crippen LogP contribution in [0.2, 0.25) is 0 Å². The number of nitrogens with one attached hydrogen (secondary N) is 2. The van der Waals surface area contributed by atoms with Crippen molar-refractivity contribution in [2.75, 3.05) is 10.6 Å². The average molecular weight is 506 g/mol. The van der Waals surface area contributed by atoms with Gasteiger partial charge in [0.05, 0.1) is 0 Å². The normalized spacial score (nSPS) is 17.9. The lowest BCUT2D eigenvalue weighted by Crippen LogP contribution is -2.21. The van der Waals surface area contributed by atoms with Gasteiger partial charge in [0, 0.05) is 37.0 Å². The van der Waals surface area contributed by atoms with Gasteiger partial charge in [-0.15, -0.1) is 0 Å². The van der Waals surface area contributed by atoms with Crippen LogP contribution in [-0.2, 0) is 12.4 Å². The highest BCUT2D eigenvalue weighted by molar-refractivity contribution is 5.59. The van der Waals surface area contributed by atoms with Crippen molar-refractivity contribution >= 4 is 17.6 Å². The molecule has 1 atom stereocenters. The van der Waals surface area contributed by atoms with Gasteiger partial charge < -0.3 is 10.6 Å². The molecule has 1 unspecified atom stereocenters. The van der Waals surface area contributed by atoms with Crippen molar-refractivity contribution in [3.8, 4) is 11.5 Å². The molecule has 1 aliphatic rings. The maximum atomic E-state index is 13.6. The Morgan fingerprint density at radius 1 is 0.857 bits per heavy atom. The third kappa shape index (κ3) is 6.05. The van der Waals surface area contributed by atoms with Crippen LogP contribution in [0, 0.1) is 0 Å². The van der Waals surface area contributed by atoms with E-state index in [1.54, 1.807) is 0 Å². The molecule has 3 aromatic heterocycles. The van der Waals surface area contributed by atoms with Crippen LogP contribution in [0.5, 0.6) is 0 Å². The smallest absolute Gasteiger partial charge is 0.351 e. The molecular formula is C19H14F8N8. The van der Waals surface area contributed by atoms with Crippen molar-refractivity contribution in [3.05, 3.63) is 42.1 Å². The lowest BCUT2D eigenvalue weighted by molar-refractivity contribution is -0.145. The van der Waals surface area contributed by atoms with Gasteiger partial charge in [0.2, 0.25) is 23.6 Å². The van der Waals surface area contributed by atoms with E-state index in [1.165, 1.54) is 6.07 Å². The van der Waals surface area contributed by atoms with Crippen molar-refractivity contribution in [2.45, 2.75) is 43.6 Å². The molecule has 3 heterocycles. The SMILES string of the molecule is FC1(F)CCC(Nc2nc(Nc3ccnc(C(F)(F)F)c3)nc(-c3ccnc(C(F)(F)F)n3)n2)C1. The minimum absolute atomic E-state index is 0.0712. The maximum Gasteiger partial charge on any atom is 0.451 e. The van der Waals surface area contributed by atoms with E-state index in [0.717, 1.165) is 18.5 Å². The van der Waals surface area contributed by atoms with Crippen LogP contribution in [0.3, 0.4) is 0 Å². The summed E-state index contributed by atoms with van der Waals surface area (Å²) in [4.78, 5) is 21.6. The Balaban J connectivity index is 1.71. The van der Waals surface area contributed by atoms with Crippen LogP contribution >= 0.6 is 0 Å². The largest absolute Gasteiger partial charge is 0.451 e. The topological polar surface area (TPSA) is 101 Å². The minimum Gasteiger partial charge on any atom is -0.351 e. The molecule has 4 rings (SSSR count). The summed E-state index contributed by atoms with van der Waals surface area (Å²) in [7, 11) is 0. The van der Waals surface area contributed by atoms with Crippen molar-refractivity contribution in [1.29, 1.82) is 0 Å². The maximum absolute atomic E-state index is 13.6. The molecule has 0 radical (unpaired) electrons. The van der Waals surface area contributed by atoms with E-state index in [0.29, 0.717) is 6.07 Å². The number of hydrogen-bond acceptors (Lipinski definition) is 8. The first-order chi connectivity index (χ1) is 16.3. The van der Waals surface area contributed by atoms with Gasteiger partial charge >= 0.3 is 12.4 Å². The van der Waals surface area contributed by atoms with Gasteiger partial charge in [-0.1, -0.05) is 0 Å². The van der Waals surface area contributed by atoms with E-state index >= 15 is 0 Å². The Labute approximate surface area is 191 Å². The molecule has 1 aliphatic carbocycles. The minimum atomic E-state index is -4.87. The summed E-state index contributed by atoms with van der Waals surface area (Å²) >= 11 is 0. The highest BCUT2D eigenvalue weighted by atomic mass is 19.4. The summed E-state index contributed by atoms with van der Waals surface area (Å²) in [5.74, 6) is -5.42. The molecular weight excluding hydrogens is 492 g/mol. The summed E-state index contributed by atoms with van der Waals surface area (Å²) in [6.45, 7) is 0. The highest BCUT2D eigenvalue weighted by Gasteiger charge is 2.40. The standard InChI is InChI=1S/C19H14F8N8/c20-17(21)4-1-10(8-17)31-16-34-13(11-3-6-29-14(32-11)19(25,26)27)33-15(35-16)30-9-2-5-28-12(7-9)18(22,23)24/h2-3,5-7,10H,1,4,8H2,(H2,28,30,31,33,34,35). The van der Waals surface area contributed by atoms with E-state index in [2.05, 4.69) is 40.5 Å². The van der Waals surface area contributed by atoms with E-state index in [4.69, 9.17) is 0 Å². The molecule has 0 aromatic carbocycles. The zero-order chi connectivity index (χ0) is 25.4. The first-order valence-corrected chi connectivity index (χ1v) is 9.90. The predicted octanol–water partition coefficient (Wildman–Crippen LogP) is 5.10. The summed E-state index contributed by atoms with van der Waals surface area (Å²) in [5.41, 5.74) is -1.72. The number of halogens is 8. The molecule has 16 heteroatoms. The van der Waals surface area contributed by atoms with Crippen molar-refractivity contribution in [2.24, 2.45) is 0 Å². The first kappa shape index (κ1) is 24.4. The van der Waals surface area contributed by atoms with E-state index in [9.17, 15) is 35.1 Å². The Hall–Kier alpha value is -3.72. The van der Waals surface area contributed by atoms with Crippen LogP contribution in [0.1, 0.15) is 30.8 Å². The summed E-state index contributed by atoms with van der Waals surface area (Å²) in [6, 6.07) is 2.17. The van der Waals surface area contributed by atoms with E-state index < -0.39 is 48.1 Å². The zero-order valence-electron chi connectivity index (χ0n) is 17.3. The average Bonchev–Trinajstić information content (AvgIpc) is 3.10. The second kappa shape index (κ2) is 8.81. The second-order valence-electron chi connectivity index (χ2n) is 7.56. The number of alkyl halides is 8. The quantitative estimate of drug-likeness (QED) is 0.461. The Morgan fingerprint density at radius 2 is 1.57 bits per heavy atom. The Kier molecular flexibility index (Phi) is 6.14. The highest BCUT2D eigenvalue weighted by Crippen LogP contribution is 2.36. The van der Waals surface area contributed by atoms with Crippen molar-refractivity contribution < 1.29 is 35.1 Å². The third-order valence-electron chi connectivity index (χ3n) is 4.82. The number of nitrogens with zero attached hydrogens (tertiary/aromatic N) is 6. The van der Waals surface area contributed by atoms with Gasteiger partial charge in [0.15, 0.2) is 5.82 Å². The summed E-state index contributed by atoms with van der Waals surface area (Å²) < 4.78 is 105. The van der Waals surface area contributed by atoms with Gasteiger partial charge in [-0.3, -0.25) is 4.98 Å². The van der Waals surface area contributed by atoms with Crippen LogP contribution < -0.4 is 10.6 Å². The molecule has 35 heavy (non-hydrogen) atoms. The summed E-state index contributed by atoms with van der Waals surface area (Å²) in [5, 5.41) is 5.17. The number of anilines is 3. The number of pyridine rings is 1. The number of hydrogen-bond donors (Lipinski definition) is 2. The van der Waals surface area contributed by atoms with Gasteiger partial charge in [0.25, 0.3) is 0 Å². The van der Waals surface area contributed by atoms with E-state index in [1.807, 2.05) is 0 Å². The van der Waals surface area contributed by atoms with Gasteiger partial charge in [-0.25, -0.2) is 18.7 Å². The van der Waals surface area contributed by atoms with Crippen molar-refractivity contribution in [3.63, 3.8) is 0 Å². The molecule has 0 amide bonds. The summed E-state index contributed by atoms with van der Waals surface area (Å²) in [6.07, 6.45) is -8.74. The third-order valence-corrected chi connectivity index (χ3v) is 4.82. The van der Waals surface area contributed by atoms with Crippen LogP contribution in [-0.4, -0.2) is 41.9 Å². The molecule has 8 nitrogen and oxygen atoms in total. The van der Waals surface area contributed by atoms with Crippen LogP contribution in [0.25, 0.3) is 11.5 Å². The molecule has 2 N–H and O–H groups in total. The fourth-order valence-electron chi connectivity index (χ4n) is 3.28. The predicted molar refractivity (Wildman–Crippen MR) is 105 cm³/mol. The van der Waals surface area contributed by atoms with Crippen LogP contribution in [0.4, 0.5) is 52.7 Å². The Bertz CT molecular complexity index is 1210. The molecule has 1 saturated carbocycles. The fourth-order valence-corrected chi connectivity index (χ4v) is 3.28. The second-order valence-corrected chi connectivity index (χ2v) is 7.56. The molecule has 0 aliphatic heterocycles. The zero-order valence-corrected chi connectivity index (χ0v) is 17.3. The van der Waals surface area contributed by atoms with Crippen molar-refractivity contribution in [1.82, 2.24) is 29.9 Å². The molecule has 3 aromatic rings. The molecule has 0 bridgehead atoms. The molecule has 186 valence electrons. The lowest BCUT2D eigenvalue weighted by Gasteiger charge is -2.15. The molecule has 0 spiro atoms. The lowest BCUT2D eigenvalue weighted by atomic mass is 10.2. The fraction of sp³-hybridized carbons (Fsp3) is 0.368.